The third-order valence-electron chi connectivity index (χ3n) is 4.23. The fourth-order valence-electron chi connectivity index (χ4n) is 3.81. The van der Waals surface area contributed by atoms with Gasteiger partial charge < -0.3 is 0 Å². The second kappa shape index (κ2) is 3.68. The van der Waals surface area contributed by atoms with Crippen LogP contribution < -0.4 is 0 Å². The lowest BCUT2D eigenvalue weighted by Gasteiger charge is -2.37. The van der Waals surface area contributed by atoms with E-state index >= 15 is 0 Å². The molecule has 2 saturated carbocycles. The molecule has 1 amide bonds. The molecule has 4 fully saturated rings. The lowest BCUT2D eigenvalue weighted by Crippen LogP contribution is -2.42. The number of hydrogen-bond donors (Lipinski definition) is 0. The molecule has 2 aliphatic heterocycles. The number of carbonyl (C=O) groups excluding carboxylic acids is 1. The second-order valence-corrected chi connectivity index (χ2v) is 7.26. The molecule has 2 saturated heterocycles. The number of rotatable bonds is 2. The quantitative estimate of drug-likeness (QED) is 0.739. The molecule has 5 nitrogen and oxygen atoms in total. The van der Waals surface area contributed by atoms with E-state index in [0.717, 1.165) is 31.9 Å². The van der Waals surface area contributed by atoms with Crippen LogP contribution >= 0.6 is 0 Å². The van der Waals surface area contributed by atoms with E-state index < -0.39 is 10.1 Å². The predicted octanol–water partition coefficient (Wildman–Crippen LogP) is 0.915. The fourth-order valence-corrected chi connectivity index (χ4v) is 4.30. The van der Waals surface area contributed by atoms with Gasteiger partial charge in [0.1, 0.15) is 0 Å². The van der Waals surface area contributed by atoms with Crippen molar-refractivity contribution < 1.29 is 17.5 Å². The van der Waals surface area contributed by atoms with Crippen molar-refractivity contribution in [3.8, 4) is 0 Å². The molecule has 4 rings (SSSR count). The summed E-state index contributed by atoms with van der Waals surface area (Å²) in [7, 11) is -3.61. The van der Waals surface area contributed by atoms with Crippen LogP contribution in [0.1, 0.15) is 32.1 Å². The van der Waals surface area contributed by atoms with E-state index in [1.54, 1.807) is 0 Å². The normalized spacial score (nSPS) is 40.8. The minimum atomic E-state index is -3.61. The zero-order valence-corrected chi connectivity index (χ0v) is 10.6. The Labute approximate surface area is 101 Å². The SMILES string of the molecule is CS(=O)(=O)ON1C(=O)C2CC3CC(C2)CC1C3. The molecule has 4 aliphatic rings. The van der Waals surface area contributed by atoms with Crippen LogP contribution in [-0.4, -0.2) is 31.7 Å². The molecular weight excluding hydrogens is 242 g/mol. The fraction of sp³-hybridized carbons (Fsp3) is 0.909. The molecule has 96 valence electrons. The average Bonchev–Trinajstić information content (AvgIpc) is 2.33. The molecule has 0 aromatic heterocycles. The smallest absolute Gasteiger partial charge is 0.272 e. The molecule has 6 heteroatoms. The van der Waals surface area contributed by atoms with Gasteiger partial charge in [0.15, 0.2) is 0 Å². The largest absolute Gasteiger partial charge is 0.285 e. The van der Waals surface area contributed by atoms with E-state index in [4.69, 9.17) is 4.28 Å². The van der Waals surface area contributed by atoms with Crippen molar-refractivity contribution in [1.82, 2.24) is 5.06 Å². The average molecular weight is 259 g/mol. The summed E-state index contributed by atoms with van der Waals surface area (Å²) in [6.07, 6.45) is 5.82. The van der Waals surface area contributed by atoms with Crippen LogP contribution in [0.3, 0.4) is 0 Å². The molecule has 17 heavy (non-hydrogen) atoms. The number of fused-ring (bicyclic) bond motifs is 1. The predicted molar refractivity (Wildman–Crippen MR) is 60.1 cm³/mol. The zero-order valence-electron chi connectivity index (χ0n) is 9.83. The Bertz CT molecular complexity index is 432. The summed E-state index contributed by atoms with van der Waals surface area (Å²) in [5.74, 6) is 1.02. The van der Waals surface area contributed by atoms with E-state index in [2.05, 4.69) is 0 Å². The van der Waals surface area contributed by atoms with Crippen molar-refractivity contribution >= 4 is 16.0 Å². The van der Waals surface area contributed by atoms with Crippen molar-refractivity contribution in [2.75, 3.05) is 6.26 Å². The first-order valence-electron chi connectivity index (χ1n) is 6.15. The van der Waals surface area contributed by atoms with Crippen molar-refractivity contribution in [3.63, 3.8) is 0 Å². The summed E-state index contributed by atoms with van der Waals surface area (Å²) >= 11 is 0. The Kier molecular flexibility index (Phi) is 2.49. The van der Waals surface area contributed by atoms with Gasteiger partial charge in [-0.15, -0.1) is 4.28 Å². The van der Waals surface area contributed by atoms with Crippen LogP contribution in [-0.2, 0) is 19.2 Å². The highest BCUT2D eigenvalue weighted by atomic mass is 32.2. The topological polar surface area (TPSA) is 63.7 Å². The van der Waals surface area contributed by atoms with Crippen LogP contribution in [0.25, 0.3) is 0 Å². The first-order valence-corrected chi connectivity index (χ1v) is 7.96. The third-order valence-corrected chi connectivity index (χ3v) is 4.66. The minimum absolute atomic E-state index is 0.0204. The monoisotopic (exact) mass is 259 g/mol. The van der Waals surface area contributed by atoms with Crippen LogP contribution in [0, 0.1) is 17.8 Å². The Balaban J connectivity index is 1.91. The van der Waals surface area contributed by atoms with Crippen molar-refractivity contribution in [3.05, 3.63) is 0 Å². The lowest BCUT2D eigenvalue weighted by atomic mass is 9.68. The van der Waals surface area contributed by atoms with Gasteiger partial charge in [0.05, 0.1) is 12.3 Å². The molecule has 0 N–H and O–H groups in total. The molecule has 0 radical (unpaired) electrons. The van der Waals surface area contributed by atoms with Gasteiger partial charge in [0.25, 0.3) is 16.0 Å². The van der Waals surface area contributed by atoms with E-state index in [1.807, 2.05) is 0 Å². The Morgan fingerprint density at radius 2 is 1.71 bits per heavy atom. The summed E-state index contributed by atoms with van der Waals surface area (Å²) in [5, 5.41) is 1.17. The van der Waals surface area contributed by atoms with Crippen LogP contribution in [0.4, 0.5) is 0 Å². The molecule has 2 atom stereocenters. The van der Waals surface area contributed by atoms with Gasteiger partial charge in [-0.25, -0.2) is 5.06 Å². The highest BCUT2D eigenvalue weighted by molar-refractivity contribution is 7.85. The van der Waals surface area contributed by atoms with E-state index in [0.29, 0.717) is 11.8 Å². The second-order valence-electron chi connectivity index (χ2n) is 5.70. The molecule has 0 aromatic rings. The van der Waals surface area contributed by atoms with Gasteiger partial charge in [-0.1, -0.05) is 0 Å². The number of hydrogen-bond acceptors (Lipinski definition) is 4. The van der Waals surface area contributed by atoms with Crippen molar-refractivity contribution in [2.45, 2.75) is 38.1 Å². The maximum atomic E-state index is 12.2. The van der Waals surface area contributed by atoms with Crippen molar-refractivity contribution in [2.24, 2.45) is 17.8 Å². The van der Waals surface area contributed by atoms with Crippen LogP contribution in [0.2, 0.25) is 0 Å². The Hall–Kier alpha value is -0.620. The van der Waals surface area contributed by atoms with Gasteiger partial charge in [-0.2, -0.15) is 8.42 Å². The number of amides is 1. The van der Waals surface area contributed by atoms with Gasteiger partial charge in [-0.05, 0) is 43.9 Å². The standard InChI is InChI=1S/C11H17NO4S/c1-17(14,15)16-12-10-5-7-2-8(6-10)4-9(3-7)11(12)13/h7-10H,2-6H2,1H3. The van der Waals surface area contributed by atoms with Gasteiger partial charge >= 0.3 is 0 Å². The molecular formula is C11H17NO4S. The highest BCUT2D eigenvalue weighted by Crippen LogP contribution is 2.48. The van der Waals surface area contributed by atoms with Gasteiger partial charge in [0, 0.05) is 5.92 Å². The van der Waals surface area contributed by atoms with E-state index in [9.17, 15) is 13.2 Å². The van der Waals surface area contributed by atoms with Gasteiger partial charge in [0.2, 0.25) is 0 Å². The van der Waals surface area contributed by atoms with Crippen LogP contribution in [0.15, 0.2) is 0 Å². The van der Waals surface area contributed by atoms with Gasteiger partial charge in [-0.3, -0.25) is 4.79 Å². The minimum Gasteiger partial charge on any atom is -0.272 e. The third kappa shape index (κ3) is 2.08. The lowest BCUT2D eigenvalue weighted by molar-refractivity contribution is -0.166. The van der Waals surface area contributed by atoms with E-state index in [1.165, 1.54) is 11.5 Å². The van der Waals surface area contributed by atoms with Crippen molar-refractivity contribution in [1.29, 1.82) is 0 Å². The maximum Gasteiger partial charge on any atom is 0.285 e. The number of hydroxylamine groups is 2. The first-order chi connectivity index (χ1) is 7.92. The number of nitrogens with zero attached hydrogens (tertiary/aromatic N) is 1. The molecule has 2 aliphatic carbocycles. The molecule has 0 spiro atoms. The molecule has 4 bridgehead atoms. The zero-order chi connectivity index (χ0) is 12.2. The molecule has 2 heterocycles. The first kappa shape index (κ1) is 11.5. The maximum absolute atomic E-state index is 12.2. The molecule has 2 unspecified atom stereocenters. The Morgan fingerprint density at radius 1 is 1.12 bits per heavy atom. The van der Waals surface area contributed by atoms with E-state index in [-0.39, 0.29) is 17.9 Å². The summed E-state index contributed by atoms with van der Waals surface area (Å²) in [6, 6.07) is -0.0338. The number of carbonyl (C=O) groups is 1. The summed E-state index contributed by atoms with van der Waals surface area (Å²) in [4.78, 5) is 12.2. The Morgan fingerprint density at radius 3 is 2.24 bits per heavy atom. The summed E-state index contributed by atoms with van der Waals surface area (Å²) in [5.41, 5.74) is 0. The summed E-state index contributed by atoms with van der Waals surface area (Å²) < 4.78 is 27.4. The summed E-state index contributed by atoms with van der Waals surface area (Å²) in [6.45, 7) is 0. The molecule has 0 aromatic carbocycles. The van der Waals surface area contributed by atoms with Crippen LogP contribution in [0.5, 0.6) is 0 Å². The highest BCUT2D eigenvalue weighted by Gasteiger charge is 2.48.